The van der Waals surface area contributed by atoms with E-state index in [1.54, 1.807) is 41.1 Å². The maximum absolute atomic E-state index is 14.1. The van der Waals surface area contributed by atoms with Crippen molar-refractivity contribution in [2.24, 2.45) is 0 Å². The molecule has 0 bridgehead atoms. The lowest BCUT2D eigenvalue weighted by molar-refractivity contribution is 0.311. The monoisotopic (exact) mass is 414 g/mol. The molecule has 0 aliphatic carbocycles. The summed E-state index contributed by atoms with van der Waals surface area (Å²) in [5.41, 5.74) is 1.49. The molecule has 0 atom stereocenters. The largest absolute Gasteiger partial charge is 0.493 e. The number of anilines is 2. The first-order valence-corrected chi connectivity index (χ1v) is 9.07. The SMILES string of the molecule is CCOc1ccc(-c2cc3nccn3c(Nc3cc(F)c(F)cc3F)n2)cc1OC. The molecule has 0 aliphatic rings. The molecular formula is C21H17F3N4O2. The molecule has 0 aliphatic heterocycles. The van der Waals surface area contributed by atoms with E-state index in [-0.39, 0.29) is 11.6 Å². The fraction of sp³-hybridized carbons (Fsp3) is 0.143. The highest BCUT2D eigenvalue weighted by Gasteiger charge is 2.15. The maximum atomic E-state index is 14.1. The molecule has 6 nitrogen and oxygen atoms in total. The first-order chi connectivity index (χ1) is 14.5. The predicted molar refractivity (Wildman–Crippen MR) is 106 cm³/mol. The summed E-state index contributed by atoms with van der Waals surface area (Å²) in [7, 11) is 1.53. The van der Waals surface area contributed by atoms with Crippen LogP contribution in [0.2, 0.25) is 0 Å². The van der Waals surface area contributed by atoms with Crippen LogP contribution in [0.1, 0.15) is 6.92 Å². The second kappa shape index (κ2) is 7.94. The molecule has 1 N–H and O–H groups in total. The molecule has 4 aromatic rings. The van der Waals surface area contributed by atoms with Crippen LogP contribution in [-0.4, -0.2) is 28.1 Å². The lowest BCUT2D eigenvalue weighted by atomic mass is 10.1. The Morgan fingerprint density at radius 2 is 1.80 bits per heavy atom. The predicted octanol–water partition coefficient (Wildman–Crippen LogP) is 4.96. The van der Waals surface area contributed by atoms with Crippen LogP contribution in [0.5, 0.6) is 11.5 Å². The standard InChI is InChI=1S/C21H17F3N4O2/c1-3-30-18-5-4-12(8-19(18)29-2)16-11-20-25-6-7-28(20)21(26-16)27-17-10-14(23)13(22)9-15(17)24/h4-11H,3H2,1-2H3,(H,26,27). The molecule has 4 rings (SSSR count). The normalized spacial score (nSPS) is 11.0. The smallest absolute Gasteiger partial charge is 0.213 e. The second-order valence-electron chi connectivity index (χ2n) is 6.29. The molecule has 2 heterocycles. The number of hydrogen-bond acceptors (Lipinski definition) is 5. The van der Waals surface area contributed by atoms with Crippen LogP contribution >= 0.6 is 0 Å². The molecule has 154 valence electrons. The highest BCUT2D eigenvalue weighted by atomic mass is 19.2. The highest BCUT2D eigenvalue weighted by Crippen LogP contribution is 2.33. The number of benzene rings is 2. The van der Waals surface area contributed by atoms with Gasteiger partial charge in [-0.05, 0) is 25.1 Å². The fourth-order valence-corrected chi connectivity index (χ4v) is 3.00. The average Bonchev–Trinajstić information content (AvgIpc) is 3.21. The van der Waals surface area contributed by atoms with Crippen LogP contribution in [0, 0.1) is 17.5 Å². The van der Waals surface area contributed by atoms with Crippen molar-refractivity contribution in [1.29, 1.82) is 0 Å². The Morgan fingerprint density at radius 1 is 1.00 bits per heavy atom. The number of rotatable bonds is 6. The molecular weight excluding hydrogens is 397 g/mol. The van der Waals surface area contributed by atoms with Crippen LogP contribution < -0.4 is 14.8 Å². The first kappa shape index (κ1) is 19.6. The first-order valence-electron chi connectivity index (χ1n) is 9.07. The van der Waals surface area contributed by atoms with Gasteiger partial charge >= 0.3 is 0 Å². The summed E-state index contributed by atoms with van der Waals surface area (Å²) in [6.07, 6.45) is 3.16. The lowest BCUT2D eigenvalue weighted by Gasteiger charge is -2.13. The highest BCUT2D eigenvalue weighted by molar-refractivity contribution is 5.70. The van der Waals surface area contributed by atoms with Gasteiger partial charge in [-0.3, -0.25) is 4.40 Å². The number of nitrogens with one attached hydrogen (secondary N) is 1. The number of hydrogen-bond donors (Lipinski definition) is 1. The zero-order valence-corrected chi connectivity index (χ0v) is 16.1. The molecule has 0 saturated carbocycles. The Hall–Kier alpha value is -3.75. The quantitative estimate of drug-likeness (QED) is 0.452. The number of imidazole rings is 1. The van der Waals surface area contributed by atoms with Crippen molar-refractivity contribution in [2.45, 2.75) is 6.92 Å². The van der Waals surface area contributed by atoms with Gasteiger partial charge in [0.05, 0.1) is 25.1 Å². The van der Waals surface area contributed by atoms with Gasteiger partial charge in [0.1, 0.15) is 11.5 Å². The van der Waals surface area contributed by atoms with Gasteiger partial charge in [0.25, 0.3) is 0 Å². The van der Waals surface area contributed by atoms with E-state index >= 15 is 0 Å². The minimum atomic E-state index is -1.27. The molecule has 9 heteroatoms. The summed E-state index contributed by atoms with van der Waals surface area (Å²) in [5.74, 6) is -2.09. The van der Waals surface area contributed by atoms with E-state index < -0.39 is 17.5 Å². The zero-order valence-electron chi connectivity index (χ0n) is 16.1. The minimum Gasteiger partial charge on any atom is -0.493 e. The second-order valence-corrected chi connectivity index (χ2v) is 6.29. The van der Waals surface area contributed by atoms with Gasteiger partial charge < -0.3 is 14.8 Å². The Bertz CT molecular complexity index is 1230. The molecule has 2 aromatic carbocycles. The Balaban J connectivity index is 1.80. The number of fused-ring (bicyclic) bond motifs is 1. The minimum absolute atomic E-state index is 0.178. The number of aromatic nitrogens is 3. The third-order valence-corrected chi connectivity index (χ3v) is 4.41. The van der Waals surface area contributed by atoms with E-state index in [2.05, 4.69) is 15.3 Å². The van der Waals surface area contributed by atoms with Crippen molar-refractivity contribution < 1.29 is 22.6 Å². The van der Waals surface area contributed by atoms with Crippen molar-refractivity contribution in [3.8, 4) is 22.8 Å². The van der Waals surface area contributed by atoms with Crippen molar-refractivity contribution in [3.63, 3.8) is 0 Å². The molecule has 0 unspecified atom stereocenters. The van der Waals surface area contributed by atoms with E-state index in [0.29, 0.717) is 41.1 Å². The van der Waals surface area contributed by atoms with Crippen LogP contribution in [0.4, 0.5) is 24.8 Å². The van der Waals surface area contributed by atoms with Crippen LogP contribution in [-0.2, 0) is 0 Å². The Morgan fingerprint density at radius 3 is 2.57 bits per heavy atom. The third-order valence-electron chi connectivity index (χ3n) is 4.41. The van der Waals surface area contributed by atoms with Gasteiger partial charge in [-0.1, -0.05) is 0 Å². The number of halogens is 3. The van der Waals surface area contributed by atoms with E-state index in [9.17, 15) is 13.2 Å². The van der Waals surface area contributed by atoms with Crippen LogP contribution in [0.25, 0.3) is 16.9 Å². The van der Waals surface area contributed by atoms with Gasteiger partial charge in [0, 0.05) is 36.2 Å². The summed E-state index contributed by atoms with van der Waals surface area (Å²) in [5, 5.41) is 2.71. The zero-order chi connectivity index (χ0) is 21.3. The van der Waals surface area contributed by atoms with Crippen molar-refractivity contribution >= 4 is 17.3 Å². The summed E-state index contributed by atoms with van der Waals surface area (Å²) in [6.45, 7) is 2.36. The summed E-state index contributed by atoms with van der Waals surface area (Å²) < 4.78 is 53.5. The molecule has 0 saturated heterocycles. The van der Waals surface area contributed by atoms with Gasteiger partial charge in [-0.15, -0.1) is 0 Å². The van der Waals surface area contributed by atoms with E-state index in [1.807, 2.05) is 6.92 Å². The molecule has 0 amide bonds. The van der Waals surface area contributed by atoms with Crippen LogP contribution in [0.15, 0.2) is 48.8 Å². The number of nitrogens with zero attached hydrogens (tertiary/aromatic N) is 3. The van der Waals surface area contributed by atoms with Gasteiger partial charge in [-0.2, -0.15) is 0 Å². The molecule has 2 aromatic heterocycles. The maximum Gasteiger partial charge on any atom is 0.213 e. The Kier molecular flexibility index (Phi) is 5.18. The molecule has 30 heavy (non-hydrogen) atoms. The van der Waals surface area contributed by atoms with Crippen molar-refractivity contribution in [1.82, 2.24) is 14.4 Å². The topological polar surface area (TPSA) is 60.7 Å². The van der Waals surface area contributed by atoms with Gasteiger partial charge in [-0.25, -0.2) is 23.1 Å². The number of ether oxygens (including phenoxy) is 2. The van der Waals surface area contributed by atoms with Gasteiger partial charge in [0.15, 0.2) is 23.1 Å². The number of methoxy groups -OCH3 is 1. The van der Waals surface area contributed by atoms with Crippen molar-refractivity contribution in [2.75, 3.05) is 19.0 Å². The Labute approximate surface area is 169 Å². The molecule has 0 radical (unpaired) electrons. The van der Waals surface area contributed by atoms with E-state index in [0.717, 1.165) is 6.07 Å². The van der Waals surface area contributed by atoms with E-state index in [4.69, 9.17) is 9.47 Å². The summed E-state index contributed by atoms with van der Waals surface area (Å²) in [6, 6.07) is 8.27. The third kappa shape index (κ3) is 3.61. The van der Waals surface area contributed by atoms with Crippen molar-refractivity contribution in [3.05, 3.63) is 66.2 Å². The molecule has 0 spiro atoms. The van der Waals surface area contributed by atoms with Gasteiger partial charge in [0.2, 0.25) is 5.95 Å². The lowest BCUT2D eigenvalue weighted by Crippen LogP contribution is -2.05. The van der Waals surface area contributed by atoms with E-state index in [1.165, 1.54) is 7.11 Å². The summed E-state index contributed by atoms with van der Waals surface area (Å²) >= 11 is 0. The fourth-order valence-electron chi connectivity index (χ4n) is 3.00. The molecule has 0 fully saturated rings. The average molecular weight is 414 g/mol. The summed E-state index contributed by atoms with van der Waals surface area (Å²) in [4.78, 5) is 8.77. The van der Waals surface area contributed by atoms with Crippen LogP contribution in [0.3, 0.4) is 0 Å².